The molecule has 0 radical (unpaired) electrons. The first-order valence-electron chi connectivity index (χ1n) is 10.5. The van der Waals surface area contributed by atoms with E-state index in [2.05, 4.69) is 5.32 Å². The molecule has 0 heterocycles. The van der Waals surface area contributed by atoms with Gasteiger partial charge in [-0.3, -0.25) is 9.59 Å². The molecule has 2 rings (SSSR count). The molecule has 0 aliphatic heterocycles. The van der Waals surface area contributed by atoms with Gasteiger partial charge in [-0.15, -0.1) is 11.8 Å². The number of methoxy groups -OCH3 is 2. The van der Waals surface area contributed by atoms with Crippen molar-refractivity contribution in [2.45, 2.75) is 44.4 Å². The van der Waals surface area contributed by atoms with Crippen LogP contribution >= 0.6 is 11.8 Å². The van der Waals surface area contributed by atoms with Crippen LogP contribution in [0.25, 0.3) is 0 Å². The lowest BCUT2D eigenvalue weighted by molar-refractivity contribution is -0.129. The fourth-order valence-electron chi connectivity index (χ4n) is 2.73. The minimum atomic E-state index is -0.589. The Balaban J connectivity index is 1.99. The molecule has 0 saturated heterocycles. The van der Waals surface area contributed by atoms with E-state index in [9.17, 15) is 14.4 Å². The number of benzene rings is 2. The van der Waals surface area contributed by atoms with E-state index in [1.807, 2.05) is 6.07 Å². The third-order valence-electron chi connectivity index (χ3n) is 4.87. The number of hydrogen-bond acceptors (Lipinski definition) is 7. The summed E-state index contributed by atoms with van der Waals surface area (Å²) in [4.78, 5) is 37.9. The van der Waals surface area contributed by atoms with Crippen molar-refractivity contribution in [3.8, 4) is 11.5 Å². The number of ketones is 1. The highest BCUT2D eigenvalue weighted by molar-refractivity contribution is 8.00. The summed E-state index contributed by atoms with van der Waals surface area (Å²) in [6.07, 6.45) is 0. The second kappa shape index (κ2) is 11.7. The molecule has 0 aliphatic rings. The molecule has 1 N–H and O–H groups in total. The topological polar surface area (TPSA) is 90.9 Å². The predicted octanol–water partition coefficient (Wildman–Crippen LogP) is 4.27. The van der Waals surface area contributed by atoms with Crippen molar-refractivity contribution in [3.63, 3.8) is 0 Å². The van der Waals surface area contributed by atoms with Crippen molar-refractivity contribution in [1.82, 2.24) is 5.32 Å². The van der Waals surface area contributed by atoms with Gasteiger partial charge >= 0.3 is 5.97 Å². The molecule has 0 unspecified atom stereocenters. The third kappa shape index (κ3) is 7.53. The smallest absolute Gasteiger partial charge is 0.339 e. The minimum absolute atomic E-state index is 0.163. The Bertz CT molecular complexity index is 999. The van der Waals surface area contributed by atoms with E-state index in [-0.39, 0.29) is 18.3 Å². The van der Waals surface area contributed by atoms with E-state index in [1.54, 1.807) is 78.3 Å². The number of thioether (sulfide) groups is 1. The minimum Gasteiger partial charge on any atom is -0.493 e. The average Bonchev–Trinajstić information content (AvgIpc) is 2.80. The zero-order chi connectivity index (χ0) is 24.6. The van der Waals surface area contributed by atoms with Gasteiger partial charge in [0, 0.05) is 16.9 Å². The van der Waals surface area contributed by atoms with Crippen molar-refractivity contribution in [2.24, 2.45) is 5.41 Å². The van der Waals surface area contributed by atoms with Gasteiger partial charge in [-0.05, 0) is 36.8 Å². The molecule has 2 aromatic rings. The van der Waals surface area contributed by atoms with Crippen LogP contribution in [0.2, 0.25) is 0 Å². The second-order valence-corrected chi connectivity index (χ2v) is 9.80. The number of carbonyl (C=O) groups excluding carboxylic acids is 3. The number of carbonyl (C=O) groups is 3. The maximum absolute atomic E-state index is 12.7. The Kier molecular flexibility index (Phi) is 9.34. The molecule has 7 nitrogen and oxygen atoms in total. The Labute approximate surface area is 199 Å². The number of rotatable bonds is 10. The van der Waals surface area contributed by atoms with Crippen LogP contribution in [0.5, 0.6) is 11.5 Å². The van der Waals surface area contributed by atoms with E-state index in [0.29, 0.717) is 28.5 Å². The van der Waals surface area contributed by atoms with Crippen LogP contribution in [0.3, 0.4) is 0 Å². The Morgan fingerprint density at radius 3 is 2.30 bits per heavy atom. The quantitative estimate of drug-likeness (QED) is 0.407. The van der Waals surface area contributed by atoms with E-state index in [4.69, 9.17) is 14.2 Å². The van der Waals surface area contributed by atoms with E-state index >= 15 is 0 Å². The summed E-state index contributed by atoms with van der Waals surface area (Å²) in [5.41, 5.74) is 0.601. The molecule has 0 bridgehead atoms. The van der Waals surface area contributed by atoms with Gasteiger partial charge < -0.3 is 19.5 Å². The van der Waals surface area contributed by atoms with Gasteiger partial charge in [-0.25, -0.2) is 4.79 Å². The van der Waals surface area contributed by atoms with Crippen LogP contribution in [-0.2, 0) is 20.9 Å². The Hall–Kier alpha value is -3.00. The summed E-state index contributed by atoms with van der Waals surface area (Å²) in [7, 11) is 3.12. The van der Waals surface area contributed by atoms with Crippen molar-refractivity contribution in [3.05, 3.63) is 53.6 Å². The maximum Gasteiger partial charge on any atom is 0.339 e. The Morgan fingerprint density at radius 2 is 1.67 bits per heavy atom. The van der Waals surface area contributed by atoms with Crippen molar-refractivity contribution in [1.29, 1.82) is 0 Å². The maximum atomic E-state index is 12.7. The predicted molar refractivity (Wildman–Crippen MR) is 128 cm³/mol. The lowest BCUT2D eigenvalue weighted by atomic mass is 9.91. The van der Waals surface area contributed by atoms with Gasteiger partial charge in [0.2, 0.25) is 5.91 Å². The zero-order valence-corrected chi connectivity index (χ0v) is 20.7. The number of esters is 1. The van der Waals surface area contributed by atoms with Crippen molar-refractivity contribution >= 4 is 29.4 Å². The highest BCUT2D eigenvalue weighted by Crippen LogP contribution is 2.29. The largest absolute Gasteiger partial charge is 0.493 e. The number of ether oxygens (including phenoxy) is 3. The number of hydrogen-bond donors (Lipinski definition) is 1. The summed E-state index contributed by atoms with van der Waals surface area (Å²) < 4.78 is 15.7. The molecule has 178 valence electrons. The summed E-state index contributed by atoms with van der Waals surface area (Å²) in [5.74, 6) is 0.270. The second-order valence-electron chi connectivity index (χ2n) is 8.41. The SMILES string of the molecule is COc1ccc(CNC(=O)[C@H](C)Sc2ccccc2C(=O)OCC(=O)C(C)(C)C)cc1OC. The van der Waals surface area contributed by atoms with Crippen LogP contribution in [0.4, 0.5) is 0 Å². The highest BCUT2D eigenvalue weighted by Gasteiger charge is 2.24. The molecule has 0 aromatic heterocycles. The standard InChI is InChI=1S/C25H31NO6S/c1-16(23(28)26-14-17-11-12-19(30-5)20(13-17)31-6)33-21-10-8-7-9-18(21)24(29)32-15-22(27)25(2,3)4/h7-13,16H,14-15H2,1-6H3,(H,26,28)/t16-/m0/s1. The Morgan fingerprint density at radius 1 is 1.00 bits per heavy atom. The van der Waals surface area contributed by atoms with Crippen LogP contribution in [0.15, 0.2) is 47.4 Å². The van der Waals surface area contributed by atoms with Gasteiger partial charge in [-0.2, -0.15) is 0 Å². The van der Waals surface area contributed by atoms with Crippen molar-refractivity contribution in [2.75, 3.05) is 20.8 Å². The molecule has 0 saturated carbocycles. The summed E-state index contributed by atoms with van der Waals surface area (Å²) >= 11 is 1.25. The van der Waals surface area contributed by atoms with Gasteiger partial charge in [0.25, 0.3) is 0 Å². The molecule has 0 spiro atoms. The molecular formula is C25H31NO6S. The molecule has 1 atom stereocenters. The fraction of sp³-hybridized carbons (Fsp3) is 0.400. The molecule has 0 aliphatic carbocycles. The molecule has 8 heteroatoms. The van der Waals surface area contributed by atoms with E-state index in [0.717, 1.165) is 5.56 Å². The van der Waals surface area contributed by atoms with Gasteiger partial charge in [0.05, 0.1) is 25.0 Å². The summed E-state index contributed by atoms with van der Waals surface area (Å²) in [6, 6.07) is 12.3. The summed E-state index contributed by atoms with van der Waals surface area (Å²) in [5, 5.41) is 2.43. The number of nitrogens with one attached hydrogen (secondary N) is 1. The lowest BCUT2D eigenvalue weighted by Crippen LogP contribution is -2.30. The summed E-state index contributed by atoms with van der Waals surface area (Å²) in [6.45, 7) is 7.12. The monoisotopic (exact) mass is 473 g/mol. The number of Topliss-reactive ketones (excluding diaryl/α,β-unsaturated/α-hetero) is 1. The van der Waals surface area contributed by atoms with E-state index < -0.39 is 16.6 Å². The van der Waals surface area contributed by atoms with Crippen LogP contribution in [0.1, 0.15) is 43.6 Å². The molecule has 2 aromatic carbocycles. The lowest BCUT2D eigenvalue weighted by Gasteiger charge is -2.17. The number of amides is 1. The van der Waals surface area contributed by atoms with Crippen LogP contribution in [0, 0.1) is 5.41 Å². The molecule has 1 amide bonds. The highest BCUT2D eigenvalue weighted by atomic mass is 32.2. The normalized spacial score (nSPS) is 11.9. The van der Waals surface area contributed by atoms with Crippen LogP contribution < -0.4 is 14.8 Å². The average molecular weight is 474 g/mol. The molecule has 33 heavy (non-hydrogen) atoms. The molecule has 0 fully saturated rings. The first-order valence-corrected chi connectivity index (χ1v) is 11.4. The third-order valence-corrected chi connectivity index (χ3v) is 6.04. The van der Waals surface area contributed by atoms with Crippen LogP contribution in [-0.4, -0.2) is 43.7 Å². The van der Waals surface area contributed by atoms with Gasteiger partial charge in [-0.1, -0.05) is 39.0 Å². The fourth-order valence-corrected chi connectivity index (χ4v) is 3.74. The first-order chi connectivity index (χ1) is 15.6. The first kappa shape index (κ1) is 26.3. The van der Waals surface area contributed by atoms with Crippen molar-refractivity contribution < 1.29 is 28.6 Å². The van der Waals surface area contributed by atoms with E-state index in [1.165, 1.54) is 11.8 Å². The van der Waals surface area contributed by atoms with Gasteiger partial charge in [0.15, 0.2) is 23.9 Å². The molecular weight excluding hydrogens is 442 g/mol. The zero-order valence-electron chi connectivity index (χ0n) is 19.9. The van der Waals surface area contributed by atoms with Gasteiger partial charge in [0.1, 0.15) is 0 Å².